The van der Waals surface area contributed by atoms with Crippen molar-refractivity contribution in [2.45, 2.75) is 52.5 Å². The Balaban J connectivity index is 2.38. The van der Waals surface area contributed by atoms with Crippen LogP contribution in [0.15, 0.2) is 43.0 Å². The van der Waals surface area contributed by atoms with Crippen molar-refractivity contribution in [2.24, 2.45) is 17.3 Å². The highest BCUT2D eigenvalue weighted by Gasteiger charge is 2.47. The zero-order chi connectivity index (χ0) is 16.9. The quantitative estimate of drug-likeness (QED) is 0.527. The molecule has 0 heterocycles. The fourth-order valence-electron chi connectivity index (χ4n) is 4.33. The molecule has 0 radical (unpaired) electrons. The minimum atomic E-state index is 0.151. The lowest BCUT2D eigenvalue weighted by atomic mass is 9.58. The van der Waals surface area contributed by atoms with Crippen molar-refractivity contribution in [3.05, 3.63) is 48.6 Å². The Morgan fingerprint density at radius 1 is 1.35 bits per heavy atom. The van der Waals surface area contributed by atoms with Crippen LogP contribution in [-0.2, 0) is 11.2 Å². The van der Waals surface area contributed by atoms with Gasteiger partial charge in [-0.3, -0.25) is 4.79 Å². The number of nitrogens with zero attached hydrogens (tertiary/aromatic N) is 1. The van der Waals surface area contributed by atoms with Gasteiger partial charge < -0.3 is 4.90 Å². The van der Waals surface area contributed by atoms with Gasteiger partial charge in [0.2, 0.25) is 6.41 Å². The highest BCUT2D eigenvalue weighted by molar-refractivity contribution is 5.48. The molecule has 1 aromatic carbocycles. The Bertz CT molecular complexity index is 510. The summed E-state index contributed by atoms with van der Waals surface area (Å²) in [6.45, 7) is 11.4. The van der Waals surface area contributed by atoms with E-state index in [0.29, 0.717) is 24.4 Å². The SMILES string of the molecule is C=CCN(C=O)C1CC(C)CCC1(Cc1ccccc1)C(C)C. The van der Waals surface area contributed by atoms with Gasteiger partial charge in [-0.2, -0.15) is 0 Å². The second-order valence-corrected chi connectivity index (χ2v) is 7.54. The van der Waals surface area contributed by atoms with Crippen LogP contribution in [0.5, 0.6) is 0 Å². The topological polar surface area (TPSA) is 20.3 Å². The van der Waals surface area contributed by atoms with E-state index in [0.717, 1.165) is 19.3 Å². The van der Waals surface area contributed by atoms with E-state index in [2.05, 4.69) is 57.7 Å². The van der Waals surface area contributed by atoms with Crippen LogP contribution in [0.4, 0.5) is 0 Å². The van der Waals surface area contributed by atoms with Crippen molar-refractivity contribution in [2.75, 3.05) is 6.54 Å². The molecule has 2 heteroatoms. The highest BCUT2D eigenvalue weighted by atomic mass is 16.1. The molecule has 3 atom stereocenters. The summed E-state index contributed by atoms with van der Waals surface area (Å²) in [5, 5.41) is 0. The third kappa shape index (κ3) is 3.85. The fourth-order valence-corrected chi connectivity index (χ4v) is 4.33. The molecule has 0 N–H and O–H groups in total. The molecule has 2 nitrogen and oxygen atoms in total. The predicted molar refractivity (Wildman–Crippen MR) is 97.2 cm³/mol. The maximum atomic E-state index is 11.7. The molecule has 1 amide bonds. The molecule has 1 aliphatic carbocycles. The summed E-state index contributed by atoms with van der Waals surface area (Å²) in [5.74, 6) is 1.21. The summed E-state index contributed by atoms with van der Waals surface area (Å²) < 4.78 is 0. The Morgan fingerprint density at radius 2 is 2.04 bits per heavy atom. The second kappa shape index (κ2) is 7.81. The van der Waals surface area contributed by atoms with E-state index < -0.39 is 0 Å². The van der Waals surface area contributed by atoms with E-state index in [1.807, 2.05) is 11.0 Å². The third-order valence-corrected chi connectivity index (χ3v) is 5.79. The zero-order valence-electron chi connectivity index (χ0n) is 14.9. The molecule has 23 heavy (non-hydrogen) atoms. The molecular weight excluding hydrogens is 282 g/mol. The van der Waals surface area contributed by atoms with Gasteiger partial charge in [0.1, 0.15) is 0 Å². The molecule has 1 aliphatic rings. The number of benzene rings is 1. The molecule has 3 unspecified atom stereocenters. The van der Waals surface area contributed by atoms with Gasteiger partial charge in [-0.1, -0.05) is 63.6 Å². The smallest absolute Gasteiger partial charge is 0.210 e. The van der Waals surface area contributed by atoms with Crippen molar-refractivity contribution in [1.29, 1.82) is 0 Å². The maximum absolute atomic E-state index is 11.7. The summed E-state index contributed by atoms with van der Waals surface area (Å²) >= 11 is 0. The van der Waals surface area contributed by atoms with Crippen LogP contribution in [0.1, 0.15) is 45.6 Å². The zero-order valence-corrected chi connectivity index (χ0v) is 14.9. The summed E-state index contributed by atoms with van der Waals surface area (Å²) in [6, 6.07) is 11.0. The number of hydrogen-bond donors (Lipinski definition) is 0. The van der Waals surface area contributed by atoms with Gasteiger partial charge in [-0.05, 0) is 42.1 Å². The number of carbonyl (C=O) groups is 1. The van der Waals surface area contributed by atoms with Gasteiger partial charge in [0.25, 0.3) is 0 Å². The van der Waals surface area contributed by atoms with Crippen molar-refractivity contribution in [1.82, 2.24) is 4.90 Å². The van der Waals surface area contributed by atoms with Crippen molar-refractivity contribution < 1.29 is 4.79 Å². The third-order valence-electron chi connectivity index (χ3n) is 5.79. The van der Waals surface area contributed by atoms with Crippen LogP contribution >= 0.6 is 0 Å². The van der Waals surface area contributed by atoms with E-state index >= 15 is 0 Å². The molecule has 0 saturated heterocycles. The largest absolute Gasteiger partial charge is 0.338 e. The first-order valence-electron chi connectivity index (χ1n) is 8.89. The molecule has 0 spiro atoms. The van der Waals surface area contributed by atoms with Gasteiger partial charge in [-0.15, -0.1) is 6.58 Å². The van der Waals surface area contributed by atoms with Gasteiger partial charge >= 0.3 is 0 Å². The minimum absolute atomic E-state index is 0.151. The Kier molecular flexibility index (Phi) is 6.04. The molecule has 0 aliphatic heterocycles. The lowest BCUT2D eigenvalue weighted by molar-refractivity contribution is -0.126. The van der Waals surface area contributed by atoms with Crippen LogP contribution in [0.25, 0.3) is 0 Å². The molecule has 1 fully saturated rings. The van der Waals surface area contributed by atoms with Crippen molar-refractivity contribution in [3.8, 4) is 0 Å². The van der Waals surface area contributed by atoms with Crippen LogP contribution in [0, 0.1) is 17.3 Å². The normalized spacial score (nSPS) is 27.7. The first-order valence-corrected chi connectivity index (χ1v) is 8.89. The second-order valence-electron chi connectivity index (χ2n) is 7.54. The van der Waals surface area contributed by atoms with E-state index in [-0.39, 0.29) is 5.41 Å². The lowest BCUT2D eigenvalue weighted by Gasteiger charge is -2.52. The molecule has 1 saturated carbocycles. The monoisotopic (exact) mass is 313 g/mol. The first-order chi connectivity index (χ1) is 11.0. The van der Waals surface area contributed by atoms with E-state index in [4.69, 9.17) is 0 Å². The summed E-state index contributed by atoms with van der Waals surface area (Å²) in [7, 11) is 0. The first kappa shape index (κ1) is 17.8. The molecular formula is C21H31NO. The van der Waals surface area contributed by atoms with Crippen LogP contribution in [0.2, 0.25) is 0 Å². The fraction of sp³-hybridized carbons (Fsp3) is 0.571. The maximum Gasteiger partial charge on any atom is 0.210 e. The molecule has 126 valence electrons. The Hall–Kier alpha value is -1.57. The predicted octanol–water partition coefficient (Wildman–Crippen LogP) is 4.70. The molecule has 1 aromatic rings. The van der Waals surface area contributed by atoms with Gasteiger partial charge in [0.05, 0.1) is 0 Å². The van der Waals surface area contributed by atoms with Crippen LogP contribution in [-0.4, -0.2) is 23.9 Å². The molecule has 0 aromatic heterocycles. The average Bonchev–Trinajstić information content (AvgIpc) is 2.55. The van der Waals surface area contributed by atoms with Gasteiger partial charge in [0, 0.05) is 12.6 Å². The van der Waals surface area contributed by atoms with Gasteiger partial charge in [0.15, 0.2) is 0 Å². The lowest BCUT2D eigenvalue weighted by Crippen LogP contribution is -2.54. The molecule has 0 bridgehead atoms. The van der Waals surface area contributed by atoms with Crippen molar-refractivity contribution in [3.63, 3.8) is 0 Å². The van der Waals surface area contributed by atoms with E-state index in [1.165, 1.54) is 18.4 Å². The van der Waals surface area contributed by atoms with Gasteiger partial charge in [-0.25, -0.2) is 0 Å². The number of hydrogen-bond acceptors (Lipinski definition) is 1. The number of amides is 1. The van der Waals surface area contributed by atoms with Crippen LogP contribution < -0.4 is 0 Å². The van der Waals surface area contributed by atoms with Crippen LogP contribution in [0.3, 0.4) is 0 Å². The summed E-state index contributed by atoms with van der Waals surface area (Å²) in [6.07, 6.45) is 7.46. The summed E-state index contributed by atoms with van der Waals surface area (Å²) in [5.41, 5.74) is 1.53. The average molecular weight is 313 g/mol. The van der Waals surface area contributed by atoms with Crippen molar-refractivity contribution >= 4 is 6.41 Å². The number of carbonyl (C=O) groups excluding carboxylic acids is 1. The van der Waals surface area contributed by atoms with E-state index in [1.54, 1.807) is 0 Å². The standard InChI is InChI=1S/C21H31NO/c1-5-13-22(16-23)20-14-18(4)11-12-21(20,17(2)3)15-19-9-7-6-8-10-19/h5-10,16-18,20H,1,11-15H2,2-4H3. The Labute approximate surface area is 141 Å². The highest BCUT2D eigenvalue weighted by Crippen LogP contribution is 2.48. The number of rotatable bonds is 7. The summed E-state index contributed by atoms with van der Waals surface area (Å²) in [4.78, 5) is 13.7. The Morgan fingerprint density at radius 3 is 2.61 bits per heavy atom. The molecule has 2 rings (SSSR count). The minimum Gasteiger partial charge on any atom is -0.338 e. The van der Waals surface area contributed by atoms with E-state index in [9.17, 15) is 4.79 Å².